The van der Waals surface area contributed by atoms with Gasteiger partial charge in [0.2, 0.25) is 0 Å². The normalized spacial score (nSPS) is 23.0. The van der Waals surface area contributed by atoms with E-state index in [1.54, 1.807) is 0 Å². The summed E-state index contributed by atoms with van der Waals surface area (Å²) in [5, 5.41) is 13.4. The van der Waals surface area contributed by atoms with Crippen LogP contribution in [0.1, 0.15) is 30.9 Å². The second kappa shape index (κ2) is 5.47. The van der Waals surface area contributed by atoms with Crippen molar-refractivity contribution in [3.05, 3.63) is 29.6 Å². The van der Waals surface area contributed by atoms with Gasteiger partial charge in [-0.1, -0.05) is 6.42 Å². The van der Waals surface area contributed by atoms with Gasteiger partial charge >= 0.3 is 0 Å². The zero-order chi connectivity index (χ0) is 13.2. The Morgan fingerprint density at radius 2 is 2.00 bits per heavy atom. The van der Waals surface area contributed by atoms with Gasteiger partial charge in [-0.2, -0.15) is 0 Å². The summed E-state index contributed by atoms with van der Waals surface area (Å²) in [5.41, 5.74) is 0.770. The highest BCUT2D eigenvalue weighted by Crippen LogP contribution is 2.44. The smallest absolute Gasteiger partial charge is 0.123 e. The Morgan fingerprint density at radius 1 is 1.26 bits per heavy atom. The summed E-state index contributed by atoms with van der Waals surface area (Å²) in [4.78, 5) is 2.40. The van der Waals surface area contributed by atoms with Gasteiger partial charge in [-0.25, -0.2) is 4.39 Å². The maximum atomic E-state index is 13.5. The van der Waals surface area contributed by atoms with E-state index in [0.29, 0.717) is 5.92 Å². The molecule has 0 aromatic heterocycles. The molecule has 0 bridgehead atoms. The van der Waals surface area contributed by atoms with E-state index in [-0.39, 0.29) is 17.6 Å². The molecule has 1 aliphatic heterocycles. The Bertz CT molecular complexity index is 442. The molecule has 0 amide bonds. The summed E-state index contributed by atoms with van der Waals surface area (Å²) in [6.07, 6.45) is 3.62. The number of piperazine rings is 1. The lowest BCUT2D eigenvalue weighted by Gasteiger charge is -2.43. The summed E-state index contributed by atoms with van der Waals surface area (Å²) in [7, 11) is 0. The molecule has 1 saturated carbocycles. The molecule has 1 heterocycles. The number of halogens is 1. The van der Waals surface area contributed by atoms with E-state index in [1.165, 1.54) is 37.5 Å². The van der Waals surface area contributed by atoms with Gasteiger partial charge < -0.3 is 10.4 Å². The molecular formula is C15H21FN2O. The highest BCUT2D eigenvalue weighted by atomic mass is 19.1. The van der Waals surface area contributed by atoms with Crippen LogP contribution in [0.25, 0.3) is 0 Å². The average Bonchev–Trinajstić information content (AvgIpc) is 2.38. The predicted octanol–water partition coefficient (Wildman–Crippen LogP) is 2.28. The number of hydrogen-bond donors (Lipinski definition) is 2. The van der Waals surface area contributed by atoms with Crippen molar-refractivity contribution >= 4 is 0 Å². The lowest BCUT2D eigenvalue weighted by molar-refractivity contribution is 0.0817. The van der Waals surface area contributed by atoms with E-state index in [1.807, 2.05) is 0 Å². The third-order valence-corrected chi connectivity index (χ3v) is 4.45. The summed E-state index contributed by atoms with van der Waals surface area (Å²) < 4.78 is 13.5. The lowest BCUT2D eigenvalue weighted by atomic mass is 9.76. The monoisotopic (exact) mass is 264 g/mol. The van der Waals surface area contributed by atoms with Crippen molar-refractivity contribution in [1.82, 2.24) is 10.2 Å². The van der Waals surface area contributed by atoms with Crippen molar-refractivity contribution in [2.24, 2.45) is 5.92 Å². The summed E-state index contributed by atoms with van der Waals surface area (Å²) >= 11 is 0. The molecule has 1 saturated heterocycles. The quantitative estimate of drug-likeness (QED) is 0.879. The summed E-state index contributed by atoms with van der Waals surface area (Å²) in [6.45, 7) is 3.88. The number of aromatic hydroxyl groups is 1. The van der Waals surface area contributed by atoms with Crippen molar-refractivity contribution in [2.75, 3.05) is 26.2 Å². The maximum Gasteiger partial charge on any atom is 0.123 e. The second-order valence-electron chi connectivity index (χ2n) is 5.62. The van der Waals surface area contributed by atoms with E-state index < -0.39 is 0 Å². The Hall–Kier alpha value is -1.13. The van der Waals surface area contributed by atoms with Crippen LogP contribution in [-0.4, -0.2) is 36.2 Å². The molecule has 2 aliphatic rings. The third-order valence-electron chi connectivity index (χ3n) is 4.45. The molecule has 1 aliphatic carbocycles. The highest BCUT2D eigenvalue weighted by Gasteiger charge is 2.35. The Labute approximate surface area is 113 Å². The van der Waals surface area contributed by atoms with Crippen molar-refractivity contribution in [1.29, 1.82) is 0 Å². The number of nitrogens with zero attached hydrogens (tertiary/aromatic N) is 1. The number of phenolic OH excluding ortho intramolecular Hbond substituents is 1. The molecule has 3 nitrogen and oxygen atoms in total. The molecule has 1 aromatic rings. The lowest BCUT2D eigenvalue weighted by Crippen LogP contribution is -2.47. The van der Waals surface area contributed by atoms with Crippen LogP contribution in [0.4, 0.5) is 4.39 Å². The first-order valence-electron chi connectivity index (χ1n) is 7.19. The fraction of sp³-hybridized carbons (Fsp3) is 0.600. The van der Waals surface area contributed by atoms with Crippen LogP contribution < -0.4 is 5.32 Å². The number of rotatable bonds is 3. The van der Waals surface area contributed by atoms with Crippen LogP contribution in [0, 0.1) is 11.7 Å². The van der Waals surface area contributed by atoms with Crippen LogP contribution >= 0.6 is 0 Å². The van der Waals surface area contributed by atoms with Crippen molar-refractivity contribution in [3.8, 4) is 5.75 Å². The fourth-order valence-corrected chi connectivity index (χ4v) is 3.23. The molecule has 4 heteroatoms. The van der Waals surface area contributed by atoms with Gasteiger partial charge in [-0.05, 0) is 37.0 Å². The Morgan fingerprint density at radius 3 is 2.63 bits per heavy atom. The molecular weight excluding hydrogens is 243 g/mol. The van der Waals surface area contributed by atoms with E-state index in [4.69, 9.17) is 0 Å². The first kappa shape index (κ1) is 12.9. The summed E-state index contributed by atoms with van der Waals surface area (Å²) in [6, 6.07) is 4.50. The minimum atomic E-state index is -0.257. The van der Waals surface area contributed by atoms with Crippen molar-refractivity contribution < 1.29 is 9.50 Å². The molecule has 1 atom stereocenters. The molecule has 2 N–H and O–H groups in total. The topological polar surface area (TPSA) is 35.5 Å². The zero-order valence-corrected chi connectivity index (χ0v) is 11.1. The first-order valence-corrected chi connectivity index (χ1v) is 7.19. The van der Waals surface area contributed by atoms with E-state index >= 15 is 0 Å². The molecule has 0 radical (unpaired) electrons. The first-order chi connectivity index (χ1) is 9.25. The maximum absolute atomic E-state index is 13.5. The van der Waals surface area contributed by atoms with Gasteiger partial charge in [0.15, 0.2) is 0 Å². The average molecular weight is 264 g/mol. The predicted molar refractivity (Wildman–Crippen MR) is 72.6 cm³/mol. The second-order valence-corrected chi connectivity index (χ2v) is 5.62. The van der Waals surface area contributed by atoms with Gasteiger partial charge in [0.05, 0.1) is 0 Å². The molecule has 0 spiro atoms. The van der Waals surface area contributed by atoms with Crippen LogP contribution in [0.5, 0.6) is 5.75 Å². The molecule has 3 rings (SSSR count). The van der Waals surface area contributed by atoms with Crippen LogP contribution in [-0.2, 0) is 0 Å². The SMILES string of the molecule is Oc1ccc(F)cc1[C@@H](C1CCC1)N1CCNCC1. The van der Waals surface area contributed by atoms with E-state index in [9.17, 15) is 9.50 Å². The fourth-order valence-electron chi connectivity index (χ4n) is 3.23. The zero-order valence-electron chi connectivity index (χ0n) is 11.1. The molecule has 1 aromatic carbocycles. The Kier molecular flexibility index (Phi) is 3.71. The number of hydrogen-bond acceptors (Lipinski definition) is 3. The molecule has 19 heavy (non-hydrogen) atoms. The number of benzene rings is 1. The standard InChI is InChI=1S/C15H21FN2O/c16-12-4-5-14(19)13(10-12)15(11-2-1-3-11)18-8-6-17-7-9-18/h4-5,10-11,15,17,19H,1-3,6-9H2/t15-/m1/s1. The number of nitrogens with one attached hydrogen (secondary N) is 1. The van der Waals surface area contributed by atoms with Gasteiger partial charge in [0, 0.05) is 37.8 Å². The highest BCUT2D eigenvalue weighted by molar-refractivity contribution is 5.36. The van der Waals surface area contributed by atoms with Gasteiger partial charge in [0.25, 0.3) is 0 Å². The van der Waals surface area contributed by atoms with E-state index in [0.717, 1.165) is 31.7 Å². The summed E-state index contributed by atoms with van der Waals surface area (Å²) in [5.74, 6) is 0.537. The molecule has 2 fully saturated rings. The van der Waals surface area contributed by atoms with Crippen LogP contribution in [0.2, 0.25) is 0 Å². The minimum absolute atomic E-state index is 0.173. The van der Waals surface area contributed by atoms with Crippen molar-refractivity contribution in [3.63, 3.8) is 0 Å². The van der Waals surface area contributed by atoms with Gasteiger partial charge in [-0.15, -0.1) is 0 Å². The molecule has 104 valence electrons. The Balaban J connectivity index is 1.90. The van der Waals surface area contributed by atoms with Crippen LogP contribution in [0.3, 0.4) is 0 Å². The molecule has 0 unspecified atom stereocenters. The third kappa shape index (κ3) is 2.60. The largest absolute Gasteiger partial charge is 0.508 e. The minimum Gasteiger partial charge on any atom is -0.508 e. The van der Waals surface area contributed by atoms with Crippen molar-refractivity contribution in [2.45, 2.75) is 25.3 Å². The van der Waals surface area contributed by atoms with Gasteiger partial charge in [0.1, 0.15) is 11.6 Å². The number of phenols is 1. The van der Waals surface area contributed by atoms with Crippen LogP contribution in [0.15, 0.2) is 18.2 Å². The van der Waals surface area contributed by atoms with Gasteiger partial charge in [-0.3, -0.25) is 4.90 Å². The van der Waals surface area contributed by atoms with E-state index in [2.05, 4.69) is 10.2 Å².